The first kappa shape index (κ1) is 12.3. The predicted octanol–water partition coefficient (Wildman–Crippen LogP) is 3.58. The largest absolute Gasteiger partial charge is 0.328 e. The van der Waals surface area contributed by atoms with Gasteiger partial charge in [0.15, 0.2) is 0 Å². The molecular formula is C10H18N2S. The smallest absolute Gasteiger partial charge is 0.0625 e. The summed E-state index contributed by atoms with van der Waals surface area (Å²) in [5, 5.41) is 0. The lowest BCUT2D eigenvalue weighted by atomic mass is 10.4. The van der Waals surface area contributed by atoms with Crippen LogP contribution >= 0.6 is 11.9 Å². The number of hydrogen-bond acceptors (Lipinski definition) is 3. The van der Waals surface area contributed by atoms with Crippen molar-refractivity contribution in [2.24, 2.45) is 0 Å². The van der Waals surface area contributed by atoms with Gasteiger partial charge in [0.1, 0.15) is 0 Å². The van der Waals surface area contributed by atoms with Gasteiger partial charge in [-0.05, 0) is 18.6 Å². The van der Waals surface area contributed by atoms with Crippen molar-refractivity contribution in [1.82, 2.24) is 4.98 Å². The van der Waals surface area contributed by atoms with Gasteiger partial charge < -0.3 is 4.72 Å². The van der Waals surface area contributed by atoms with Crippen LogP contribution in [0.15, 0.2) is 24.5 Å². The standard InChI is InChI=1S/C8H12N2S.C2H6/c1-2-6-11-10-8-4-3-5-9-7-8;1-2/h3-5,7,10H,2,6H2,1H3;1-2H3. The maximum atomic E-state index is 3.99. The molecule has 0 saturated heterocycles. The van der Waals surface area contributed by atoms with Gasteiger partial charge in [0.2, 0.25) is 0 Å². The SMILES string of the molecule is CC.CCCSNc1cccnc1. The molecule has 0 saturated carbocycles. The Balaban J connectivity index is 0.000000671. The molecule has 1 rings (SSSR count). The van der Waals surface area contributed by atoms with E-state index in [2.05, 4.69) is 16.6 Å². The van der Waals surface area contributed by atoms with Gasteiger partial charge in [-0.3, -0.25) is 4.98 Å². The Kier molecular flexibility index (Phi) is 8.88. The number of nitrogens with zero attached hydrogens (tertiary/aromatic N) is 1. The number of rotatable bonds is 4. The molecule has 13 heavy (non-hydrogen) atoms. The van der Waals surface area contributed by atoms with E-state index >= 15 is 0 Å². The van der Waals surface area contributed by atoms with Gasteiger partial charge in [-0.25, -0.2) is 0 Å². The highest BCUT2D eigenvalue weighted by molar-refractivity contribution is 8.00. The normalized spacial score (nSPS) is 8.54. The second-order valence-electron chi connectivity index (χ2n) is 2.19. The molecule has 0 aliphatic rings. The average Bonchev–Trinajstić information content (AvgIpc) is 2.23. The second-order valence-corrected chi connectivity index (χ2v) is 3.09. The summed E-state index contributed by atoms with van der Waals surface area (Å²) in [4.78, 5) is 3.99. The van der Waals surface area contributed by atoms with Gasteiger partial charge in [0.05, 0.1) is 11.9 Å². The summed E-state index contributed by atoms with van der Waals surface area (Å²) in [5.41, 5.74) is 1.07. The number of anilines is 1. The third kappa shape index (κ3) is 6.46. The Morgan fingerprint density at radius 1 is 1.46 bits per heavy atom. The minimum atomic E-state index is 1.07. The minimum absolute atomic E-state index is 1.07. The van der Waals surface area contributed by atoms with Gasteiger partial charge in [-0.2, -0.15) is 0 Å². The van der Waals surface area contributed by atoms with E-state index < -0.39 is 0 Å². The molecule has 0 unspecified atom stereocenters. The summed E-state index contributed by atoms with van der Waals surface area (Å²) in [5.74, 6) is 1.13. The quantitative estimate of drug-likeness (QED) is 0.591. The average molecular weight is 198 g/mol. The number of pyridine rings is 1. The third-order valence-electron chi connectivity index (χ3n) is 1.16. The summed E-state index contributed by atoms with van der Waals surface area (Å²) >= 11 is 1.72. The van der Waals surface area contributed by atoms with E-state index in [1.807, 2.05) is 32.2 Å². The van der Waals surface area contributed by atoms with Crippen molar-refractivity contribution in [3.63, 3.8) is 0 Å². The van der Waals surface area contributed by atoms with Crippen LogP contribution in [0.25, 0.3) is 0 Å². The van der Waals surface area contributed by atoms with Crippen LogP contribution in [-0.4, -0.2) is 10.7 Å². The van der Waals surface area contributed by atoms with E-state index in [1.54, 1.807) is 18.1 Å². The highest BCUT2D eigenvalue weighted by Crippen LogP contribution is 2.10. The maximum absolute atomic E-state index is 3.99. The zero-order chi connectivity index (χ0) is 9.94. The van der Waals surface area contributed by atoms with Crippen LogP contribution in [0.1, 0.15) is 27.2 Å². The first-order chi connectivity index (χ1) is 6.43. The lowest BCUT2D eigenvalue weighted by Gasteiger charge is -2.01. The molecule has 0 atom stereocenters. The van der Waals surface area contributed by atoms with Crippen molar-refractivity contribution >= 4 is 17.6 Å². The molecule has 74 valence electrons. The molecular weight excluding hydrogens is 180 g/mol. The lowest BCUT2D eigenvalue weighted by Crippen LogP contribution is -1.88. The molecule has 1 N–H and O–H groups in total. The van der Waals surface area contributed by atoms with Crippen molar-refractivity contribution in [2.45, 2.75) is 27.2 Å². The molecule has 3 heteroatoms. The van der Waals surface area contributed by atoms with Crippen LogP contribution in [-0.2, 0) is 0 Å². The summed E-state index contributed by atoms with van der Waals surface area (Å²) in [6.45, 7) is 6.16. The van der Waals surface area contributed by atoms with E-state index in [0.717, 1.165) is 11.4 Å². The first-order valence-corrected chi connectivity index (χ1v) is 5.70. The number of nitrogens with one attached hydrogen (secondary N) is 1. The zero-order valence-electron chi connectivity index (χ0n) is 8.58. The zero-order valence-corrected chi connectivity index (χ0v) is 9.40. The van der Waals surface area contributed by atoms with Crippen LogP contribution in [0.5, 0.6) is 0 Å². The Morgan fingerprint density at radius 3 is 2.77 bits per heavy atom. The summed E-state index contributed by atoms with van der Waals surface area (Å²) < 4.78 is 3.20. The third-order valence-corrected chi connectivity index (χ3v) is 2.15. The molecule has 1 heterocycles. The van der Waals surface area contributed by atoms with Crippen LogP contribution < -0.4 is 4.72 Å². The van der Waals surface area contributed by atoms with Crippen molar-refractivity contribution in [1.29, 1.82) is 0 Å². The van der Waals surface area contributed by atoms with Crippen molar-refractivity contribution in [2.75, 3.05) is 10.5 Å². The molecule has 0 radical (unpaired) electrons. The Morgan fingerprint density at radius 2 is 2.23 bits per heavy atom. The van der Waals surface area contributed by atoms with Crippen LogP contribution in [0.3, 0.4) is 0 Å². The molecule has 1 aromatic heterocycles. The van der Waals surface area contributed by atoms with Crippen LogP contribution in [0.2, 0.25) is 0 Å². The van der Waals surface area contributed by atoms with Gasteiger partial charge in [-0.15, -0.1) is 0 Å². The van der Waals surface area contributed by atoms with Crippen LogP contribution in [0.4, 0.5) is 5.69 Å². The maximum Gasteiger partial charge on any atom is 0.0625 e. The summed E-state index contributed by atoms with van der Waals surface area (Å²) in [6.07, 6.45) is 4.79. The Hall–Kier alpha value is -0.700. The van der Waals surface area contributed by atoms with E-state index in [9.17, 15) is 0 Å². The van der Waals surface area contributed by atoms with E-state index in [-0.39, 0.29) is 0 Å². The highest BCUT2D eigenvalue weighted by atomic mass is 32.2. The van der Waals surface area contributed by atoms with Crippen molar-refractivity contribution < 1.29 is 0 Å². The Labute approximate surface area is 85.3 Å². The molecule has 1 aromatic rings. The summed E-state index contributed by atoms with van der Waals surface area (Å²) in [6, 6.07) is 3.94. The lowest BCUT2D eigenvalue weighted by molar-refractivity contribution is 1.11. The van der Waals surface area contributed by atoms with E-state index in [1.165, 1.54) is 6.42 Å². The molecule has 0 spiro atoms. The molecule has 0 fully saturated rings. The number of hydrogen-bond donors (Lipinski definition) is 1. The molecule has 0 amide bonds. The van der Waals surface area contributed by atoms with E-state index in [4.69, 9.17) is 0 Å². The molecule has 0 bridgehead atoms. The molecule has 0 aliphatic carbocycles. The topological polar surface area (TPSA) is 24.9 Å². The van der Waals surface area contributed by atoms with Gasteiger partial charge in [-0.1, -0.05) is 32.7 Å². The second kappa shape index (κ2) is 9.39. The van der Waals surface area contributed by atoms with Crippen molar-refractivity contribution in [3.8, 4) is 0 Å². The first-order valence-electron chi connectivity index (χ1n) is 4.71. The molecule has 2 nitrogen and oxygen atoms in total. The fourth-order valence-electron chi connectivity index (χ4n) is 0.660. The fraction of sp³-hybridized carbons (Fsp3) is 0.500. The van der Waals surface area contributed by atoms with Gasteiger partial charge in [0, 0.05) is 11.9 Å². The number of aromatic nitrogens is 1. The highest BCUT2D eigenvalue weighted by Gasteiger charge is 1.87. The molecule has 0 aromatic carbocycles. The minimum Gasteiger partial charge on any atom is -0.328 e. The van der Waals surface area contributed by atoms with Crippen molar-refractivity contribution in [3.05, 3.63) is 24.5 Å². The summed E-state index contributed by atoms with van der Waals surface area (Å²) in [7, 11) is 0. The monoisotopic (exact) mass is 198 g/mol. The van der Waals surface area contributed by atoms with E-state index in [0.29, 0.717) is 0 Å². The van der Waals surface area contributed by atoms with Crippen LogP contribution in [0, 0.1) is 0 Å². The molecule has 0 aliphatic heterocycles. The Bertz CT molecular complexity index is 189. The van der Waals surface area contributed by atoms with Gasteiger partial charge in [0.25, 0.3) is 0 Å². The van der Waals surface area contributed by atoms with Gasteiger partial charge >= 0.3 is 0 Å². The fourth-order valence-corrected chi connectivity index (χ4v) is 1.25. The predicted molar refractivity (Wildman–Crippen MR) is 62.0 cm³/mol.